The van der Waals surface area contributed by atoms with E-state index in [1.165, 1.54) is 0 Å². The predicted octanol–water partition coefficient (Wildman–Crippen LogP) is 2.89. The first-order valence-corrected chi connectivity index (χ1v) is 6.28. The van der Waals surface area contributed by atoms with Crippen molar-refractivity contribution in [3.63, 3.8) is 0 Å². The van der Waals surface area contributed by atoms with Crippen LogP contribution in [0.4, 0.5) is 11.5 Å². The van der Waals surface area contributed by atoms with E-state index in [9.17, 15) is 4.79 Å². The summed E-state index contributed by atoms with van der Waals surface area (Å²) < 4.78 is 0. The molecule has 0 saturated heterocycles. The molecule has 98 valence electrons. The Labute approximate surface area is 116 Å². The zero-order valence-corrected chi connectivity index (χ0v) is 11.0. The van der Waals surface area contributed by atoms with Gasteiger partial charge in [0.25, 0.3) is 0 Å². The van der Waals surface area contributed by atoms with Crippen LogP contribution in [0.15, 0.2) is 42.6 Å². The van der Waals surface area contributed by atoms with Gasteiger partial charge in [0.15, 0.2) is 5.82 Å². The molecule has 3 N–H and O–H groups in total. The van der Waals surface area contributed by atoms with Gasteiger partial charge in [-0.15, -0.1) is 0 Å². The standard InChI is InChI=1S/C14H14ClN3O/c15-12-2-1-9-17-14(12)18-13(19)8-5-10-3-6-11(16)7-4-10/h1-4,6-7,9H,5,8,16H2,(H,17,18,19). The maximum atomic E-state index is 11.8. The lowest BCUT2D eigenvalue weighted by Crippen LogP contribution is -2.13. The Balaban J connectivity index is 1.88. The Morgan fingerprint density at radius 3 is 2.68 bits per heavy atom. The van der Waals surface area contributed by atoms with Gasteiger partial charge in [-0.2, -0.15) is 0 Å². The molecule has 4 nitrogen and oxygen atoms in total. The first-order valence-electron chi connectivity index (χ1n) is 5.90. The number of benzene rings is 1. The van der Waals surface area contributed by atoms with Crippen molar-refractivity contribution in [2.24, 2.45) is 0 Å². The summed E-state index contributed by atoms with van der Waals surface area (Å²) in [6.07, 6.45) is 2.61. The average molecular weight is 276 g/mol. The van der Waals surface area contributed by atoms with Crippen LogP contribution in [0.25, 0.3) is 0 Å². The zero-order chi connectivity index (χ0) is 13.7. The molecule has 1 aromatic heterocycles. The van der Waals surface area contributed by atoms with Crippen LogP contribution in [0.3, 0.4) is 0 Å². The van der Waals surface area contributed by atoms with Gasteiger partial charge in [0.05, 0.1) is 5.02 Å². The smallest absolute Gasteiger partial charge is 0.225 e. The van der Waals surface area contributed by atoms with Gasteiger partial charge in [-0.3, -0.25) is 4.79 Å². The molecule has 0 aliphatic heterocycles. The number of rotatable bonds is 4. The van der Waals surface area contributed by atoms with Crippen molar-refractivity contribution < 1.29 is 4.79 Å². The third kappa shape index (κ3) is 3.96. The minimum Gasteiger partial charge on any atom is -0.399 e. The van der Waals surface area contributed by atoms with Crippen LogP contribution in [0.5, 0.6) is 0 Å². The summed E-state index contributed by atoms with van der Waals surface area (Å²) in [6, 6.07) is 10.9. The molecule has 0 unspecified atom stereocenters. The molecular weight excluding hydrogens is 262 g/mol. The number of aromatic nitrogens is 1. The lowest BCUT2D eigenvalue weighted by atomic mass is 10.1. The average Bonchev–Trinajstić information content (AvgIpc) is 2.41. The number of nitrogens with zero attached hydrogens (tertiary/aromatic N) is 1. The van der Waals surface area contributed by atoms with Crippen LogP contribution in [-0.2, 0) is 11.2 Å². The van der Waals surface area contributed by atoms with Crippen LogP contribution in [0, 0.1) is 0 Å². The molecule has 0 atom stereocenters. The Morgan fingerprint density at radius 2 is 2.00 bits per heavy atom. The van der Waals surface area contributed by atoms with E-state index < -0.39 is 0 Å². The van der Waals surface area contributed by atoms with Crippen LogP contribution in [-0.4, -0.2) is 10.9 Å². The minimum atomic E-state index is -0.113. The minimum absolute atomic E-state index is 0.113. The molecule has 0 fully saturated rings. The van der Waals surface area contributed by atoms with Crippen molar-refractivity contribution in [2.75, 3.05) is 11.1 Å². The van der Waals surface area contributed by atoms with E-state index in [1.807, 2.05) is 24.3 Å². The summed E-state index contributed by atoms with van der Waals surface area (Å²) in [4.78, 5) is 15.8. The van der Waals surface area contributed by atoms with Gasteiger partial charge >= 0.3 is 0 Å². The van der Waals surface area contributed by atoms with Crippen molar-refractivity contribution >= 4 is 29.0 Å². The predicted molar refractivity (Wildman–Crippen MR) is 77.1 cm³/mol. The van der Waals surface area contributed by atoms with E-state index in [1.54, 1.807) is 18.3 Å². The van der Waals surface area contributed by atoms with Crippen LogP contribution >= 0.6 is 11.6 Å². The summed E-state index contributed by atoms with van der Waals surface area (Å²) in [5.41, 5.74) is 7.38. The largest absolute Gasteiger partial charge is 0.399 e. The molecule has 0 bridgehead atoms. The van der Waals surface area contributed by atoms with Gasteiger partial charge in [-0.1, -0.05) is 23.7 Å². The van der Waals surface area contributed by atoms with Crippen molar-refractivity contribution in [2.45, 2.75) is 12.8 Å². The summed E-state index contributed by atoms with van der Waals surface area (Å²) in [7, 11) is 0. The van der Waals surface area contributed by atoms with Crippen LogP contribution < -0.4 is 11.1 Å². The quantitative estimate of drug-likeness (QED) is 0.843. The fraction of sp³-hybridized carbons (Fsp3) is 0.143. The number of nitrogen functional groups attached to an aromatic ring is 1. The highest BCUT2D eigenvalue weighted by molar-refractivity contribution is 6.33. The van der Waals surface area contributed by atoms with Gasteiger partial charge in [-0.05, 0) is 36.2 Å². The van der Waals surface area contributed by atoms with E-state index in [0.717, 1.165) is 5.56 Å². The summed E-state index contributed by atoms with van der Waals surface area (Å²) in [6.45, 7) is 0. The second kappa shape index (κ2) is 6.20. The molecule has 0 saturated carbocycles. The third-order valence-electron chi connectivity index (χ3n) is 2.64. The molecule has 1 heterocycles. The number of carbonyl (C=O) groups is 1. The molecular formula is C14H14ClN3O. The number of halogens is 1. The van der Waals surface area contributed by atoms with Crippen molar-refractivity contribution in [3.05, 3.63) is 53.2 Å². The molecule has 1 aromatic carbocycles. The molecule has 0 spiro atoms. The monoisotopic (exact) mass is 275 g/mol. The Hall–Kier alpha value is -2.07. The summed E-state index contributed by atoms with van der Waals surface area (Å²) in [5.74, 6) is 0.281. The first-order chi connectivity index (χ1) is 9.15. The van der Waals surface area contributed by atoms with Crippen molar-refractivity contribution in [1.82, 2.24) is 4.98 Å². The fourth-order valence-corrected chi connectivity index (χ4v) is 1.78. The lowest BCUT2D eigenvalue weighted by molar-refractivity contribution is -0.116. The van der Waals surface area contributed by atoms with Crippen LogP contribution in [0.2, 0.25) is 5.02 Å². The topological polar surface area (TPSA) is 68.0 Å². The number of carbonyl (C=O) groups excluding carboxylic acids is 1. The van der Waals surface area contributed by atoms with E-state index in [2.05, 4.69) is 10.3 Å². The van der Waals surface area contributed by atoms with Crippen molar-refractivity contribution in [1.29, 1.82) is 0 Å². The van der Waals surface area contributed by atoms with E-state index in [-0.39, 0.29) is 5.91 Å². The number of nitrogens with one attached hydrogen (secondary N) is 1. The zero-order valence-electron chi connectivity index (χ0n) is 10.3. The number of aryl methyl sites for hydroxylation is 1. The Kier molecular flexibility index (Phi) is 4.36. The van der Waals surface area contributed by atoms with E-state index >= 15 is 0 Å². The van der Waals surface area contributed by atoms with Gasteiger partial charge in [0.2, 0.25) is 5.91 Å². The maximum absolute atomic E-state index is 11.8. The lowest BCUT2D eigenvalue weighted by Gasteiger charge is -2.06. The highest BCUT2D eigenvalue weighted by atomic mass is 35.5. The van der Waals surface area contributed by atoms with Gasteiger partial charge in [-0.25, -0.2) is 4.98 Å². The van der Waals surface area contributed by atoms with Crippen LogP contribution in [0.1, 0.15) is 12.0 Å². The number of nitrogens with two attached hydrogens (primary N) is 1. The Bertz CT molecular complexity index is 569. The summed E-state index contributed by atoms with van der Waals surface area (Å²) >= 11 is 5.91. The number of amides is 1. The second-order valence-electron chi connectivity index (χ2n) is 4.12. The molecule has 2 rings (SSSR count). The number of anilines is 2. The molecule has 2 aromatic rings. The molecule has 5 heteroatoms. The highest BCUT2D eigenvalue weighted by Gasteiger charge is 2.06. The fourth-order valence-electron chi connectivity index (χ4n) is 1.61. The van der Waals surface area contributed by atoms with E-state index in [4.69, 9.17) is 17.3 Å². The van der Waals surface area contributed by atoms with Gasteiger partial charge in [0.1, 0.15) is 0 Å². The second-order valence-corrected chi connectivity index (χ2v) is 4.53. The molecule has 1 amide bonds. The SMILES string of the molecule is Nc1ccc(CCC(=O)Nc2ncccc2Cl)cc1. The van der Waals surface area contributed by atoms with E-state index in [0.29, 0.717) is 29.4 Å². The molecule has 0 radical (unpaired) electrons. The number of hydrogen-bond donors (Lipinski definition) is 2. The Morgan fingerprint density at radius 1 is 1.26 bits per heavy atom. The maximum Gasteiger partial charge on any atom is 0.225 e. The van der Waals surface area contributed by atoms with Gasteiger partial charge in [0, 0.05) is 18.3 Å². The molecule has 0 aliphatic carbocycles. The van der Waals surface area contributed by atoms with Gasteiger partial charge < -0.3 is 11.1 Å². The number of pyridine rings is 1. The normalized spacial score (nSPS) is 10.2. The molecule has 0 aliphatic rings. The number of hydrogen-bond acceptors (Lipinski definition) is 3. The third-order valence-corrected chi connectivity index (χ3v) is 2.94. The first kappa shape index (κ1) is 13.4. The molecule has 19 heavy (non-hydrogen) atoms. The van der Waals surface area contributed by atoms with Crippen molar-refractivity contribution in [3.8, 4) is 0 Å². The summed E-state index contributed by atoms with van der Waals surface area (Å²) in [5, 5.41) is 3.12. The highest BCUT2D eigenvalue weighted by Crippen LogP contribution is 2.17.